The average molecular weight is 230 g/mol. The number of aromatic nitrogens is 4. The molecule has 0 unspecified atom stereocenters. The molecule has 2 aromatic rings. The minimum Gasteiger partial charge on any atom is -0.298 e. The van der Waals surface area contributed by atoms with Gasteiger partial charge in [0.15, 0.2) is 5.65 Å². The Hall–Kier alpha value is -2.17. The first-order valence-electron chi connectivity index (χ1n) is 5.31. The number of hydrogen-bond donors (Lipinski definition) is 0. The predicted octanol–water partition coefficient (Wildman–Crippen LogP) is 1.26. The fourth-order valence-corrected chi connectivity index (χ4v) is 1.59. The van der Waals surface area contributed by atoms with E-state index in [9.17, 15) is 4.79 Å². The minimum absolute atomic E-state index is 0.0695. The highest BCUT2D eigenvalue weighted by molar-refractivity contribution is 5.72. The van der Waals surface area contributed by atoms with Crippen molar-refractivity contribution in [1.82, 2.24) is 19.3 Å². The summed E-state index contributed by atoms with van der Waals surface area (Å²) in [5.74, 6) is 0. The third-order valence-electron chi connectivity index (χ3n) is 2.68. The van der Waals surface area contributed by atoms with Gasteiger partial charge in [-0.3, -0.25) is 14.0 Å². The van der Waals surface area contributed by atoms with Crippen LogP contribution in [0.2, 0.25) is 0 Å². The highest BCUT2D eigenvalue weighted by Gasteiger charge is 2.07. The first kappa shape index (κ1) is 11.3. The van der Waals surface area contributed by atoms with Gasteiger partial charge in [-0.15, -0.1) is 0 Å². The summed E-state index contributed by atoms with van der Waals surface area (Å²) in [6.07, 6.45) is 5.48. The highest BCUT2D eigenvalue weighted by atomic mass is 16.1. The molecule has 0 N–H and O–H groups in total. The molecule has 17 heavy (non-hydrogen) atoms. The number of allylic oxidation sites excluding steroid dienone is 2. The number of aryl methyl sites for hydroxylation is 2. The normalized spacial score (nSPS) is 10.6. The molecule has 2 heterocycles. The molecular formula is C12H14N4O. The number of fused-ring (bicyclic) bond motifs is 1. The van der Waals surface area contributed by atoms with Gasteiger partial charge < -0.3 is 0 Å². The second kappa shape index (κ2) is 4.37. The van der Waals surface area contributed by atoms with Crippen LogP contribution in [0.25, 0.3) is 11.0 Å². The van der Waals surface area contributed by atoms with Gasteiger partial charge in [0.2, 0.25) is 0 Å². The van der Waals surface area contributed by atoms with Crippen LogP contribution in [0.1, 0.15) is 6.42 Å². The lowest BCUT2D eigenvalue weighted by Gasteiger charge is -2.04. The van der Waals surface area contributed by atoms with E-state index in [2.05, 4.69) is 23.2 Å². The first-order valence-corrected chi connectivity index (χ1v) is 5.31. The summed E-state index contributed by atoms with van der Waals surface area (Å²) >= 11 is 0. The van der Waals surface area contributed by atoms with Gasteiger partial charge in [-0.05, 0) is 6.42 Å². The summed E-state index contributed by atoms with van der Waals surface area (Å²) in [5.41, 5.74) is 1.44. The molecule has 0 amide bonds. The molecule has 0 aliphatic heterocycles. The molecule has 0 saturated carbocycles. The molecule has 88 valence electrons. The van der Waals surface area contributed by atoms with Gasteiger partial charge in [-0.1, -0.05) is 24.8 Å². The average Bonchev–Trinajstić information content (AvgIpc) is 2.71. The molecule has 0 aliphatic rings. The quantitative estimate of drug-likeness (QED) is 0.743. The number of nitrogens with zero attached hydrogens (tertiary/aromatic N) is 4. The summed E-state index contributed by atoms with van der Waals surface area (Å²) in [5, 5.41) is 4.56. The molecule has 0 saturated heterocycles. The van der Waals surface area contributed by atoms with Gasteiger partial charge in [-0.2, -0.15) is 5.10 Å². The van der Waals surface area contributed by atoms with E-state index in [1.54, 1.807) is 34.9 Å². The monoisotopic (exact) mass is 230 g/mol. The Morgan fingerprint density at radius 1 is 1.59 bits per heavy atom. The lowest BCUT2D eigenvalue weighted by atomic mass is 10.2. The van der Waals surface area contributed by atoms with Gasteiger partial charge in [0.05, 0.1) is 12.5 Å². The zero-order chi connectivity index (χ0) is 12.4. The van der Waals surface area contributed by atoms with Crippen LogP contribution in [0.5, 0.6) is 0 Å². The van der Waals surface area contributed by atoms with Crippen molar-refractivity contribution in [3.05, 3.63) is 47.7 Å². The van der Waals surface area contributed by atoms with E-state index in [0.29, 0.717) is 24.0 Å². The Kier molecular flexibility index (Phi) is 2.91. The largest absolute Gasteiger partial charge is 0.298 e. The Morgan fingerprint density at radius 2 is 2.35 bits per heavy atom. The van der Waals surface area contributed by atoms with Crippen molar-refractivity contribution in [3.8, 4) is 0 Å². The smallest absolute Gasteiger partial charge is 0.264 e. The minimum atomic E-state index is -0.0695. The summed E-state index contributed by atoms with van der Waals surface area (Å²) in [4.78, 5) is 16.3. The van der Waals surface area contributed by atoms with Crippen LogP contribution in [0, 0.1) is 0 Å². The van der Waals surface area contributed by atoms with Crippen molar-refractivity contribution in [1.29, 1.82) is 0 Å². The molecule has 5 heteroatoms. The van der Waals surface area contributed by atoms with Crippen molar-refractivity contribution in [2.75, 3.05) is 0 Å². The van der Waals surface area contributed by atoms with Crippen LogP contribution in [0.3, 0.4) is 0 Å². The van der Waals surface area contributed by atoms with Crippen LogP contribution < -0.4 is 5.56 Å². The molecule has 0 radical (unpaired) electrons. The van der Waals surface area contributed by atoms with E-state index in [-0.39, 0.29) is 5.56 Å². The first-order chi connectivity index (χ1) is 8.13. The van der Waals surface area contributed by atoms with E-state index in [4.69, 9.17) is 0 Å². The van der Waals surface area contributed by atoms with Gasteiger partial charge in [0, 0.05) is 13.6 Å². The second-order valence-corrected chi connectivity index (χ2v) is 3.86. The lowest BCUT2D eigenvalue weighted by molar-refractivity contribution is 0.662. The van der Waals surface area contributed by atoms with Gasteiger partial charge in [0.25, 0.3) is 5.56 Å². The fourth-order valence-electron chi connectivity index (χ4n) is 1.59. The lowest BCUT2D eigenvalue weighted by Crippen LogP contribution is -2.20. The van der Waals surface area contributed by atoms with Gasteiger partial charge >= 0.3 is 0 Å². The van der Waals surface area contributed by atoms with Crippen LogP contribution in [0.4, 0.5) is 0 Å². The second-order valence-electron chi connectivity index (χ2n) is 3.86. The van der Waals surface area contributed by atoms with Crippen molar-refractivity contribution >= 4 is 11.0 Å². The maximum absolute atomic E-state index is 12.1. The van der Waals surface area contributed by atoms with E-state index in [1.165, 1.54) is 0 Å². The molecule has 5 nitrogen and oxygen atoms in total. The van der Waals surface area contributed by atoms with Crippen LogP contribution in [-0.4, -0.2) is 19.3 Å². The fraction of sp³-hybridized carbons (Fsp3) is 0.250. The van der Waals surface area contributed by atoms with E-state index in [1.807, 2.05) is 0 Å². The Bertz CT molecular complexity index is 635. The maximum Gasteiger partial charge on any atom is 0.264 e. The number of rotatable bonds is 4. The Labute approximate surface area is 98.7 Å². The molecular weight excluding hydrogens is 216 g/mol. The summed E-state index contributed by atoms with van der Waals surface area (Å²) in [7, 11) is 1.76. The van der Waals surface area contributed by atoms with Crippen LogP contribution in [0.15, 0.2) is 42.1 Å². The Morgan fingerprint density at radius 3 is 3.06 bits per heavy atom. The zero-order valence-corrected chi connectivity index (χ0v) is 9.76. The van der Waals surface area contributed by atoms with Crippen molar-refractivity contribution in [2.24, 2.45) is 7.05 Å². The van der Waals surface area contributed by atoms with Crippen molar-refractivity contribution in [3.63, 3.8) is 0 Å². The zero-order valence-electron chi connectivity index (χ0n) is 9.76. The van der Waals surface area contributed by atoms with Crippen molar-refractivity contribution < 1.29 is 0 Å². The highest BCUT2D eigenvalue weighted by Crippen LogP contribution is 2.05. The third-order valence-corrected chi connectivity index (χ3v) is 2.68. The topological polar surface area (TPSA) is 52.7 Å². The predicted molar refractivity (Wildman–Crippen MR) is 66.7 cm³/mol. The maximum atomic E-state index is 12.1. The standard InChI is InChI=1S/C12H14N4O/c1-4-9(2)5-6-16-8-13-11-10(12(16)17)7-14-15(11)3/h4,7-8H,1-2,5-6H2,3H3. The molecule has 0 spiro atoms. The van der Waals surface area contributed by atoms with Gasteiger partial charge in [0.1, 0.15) is 5.39 Å². The summed E-state index contributed by atoms with van der Waals surface area (Å²) in [6.45, 7) is 8.00. The van der Waals surface area contributed by atoms with Crippen LogP contribution in [-0.2, 0) is 13.6 Å². The van der Waals surface area contributed by atoms with Crippen molar-refractivity contribution in [2.45, 2.75) is 13.0 Å². The summed E-state index contributed by atoms with van der Waals surface area (Å²) in [6, 6.07) is 0. The molecule has 0 fully saturated rings. The molecule has 0 aromatic carbocycles. The van der Waals surface area contributed by atoms with E-state index >= 15 is 0 Å². The molecule has 0 aliphatic carbocycles. The molecule has 2 aromatic heterocycles. The Balaban J connectivity index is 2.36. The number of hydrogen-bond acceptors (Lipinski definition) is 3. The SMILES string of the molecule is C=CC(=C)CCn1cnc2c(cnn2C)c1=O. The molecule has 2 rings (SSSR count). The van der Waals surface area contributed by atoms with E-state index in [0.717, 1.165) is 5.57 Å². The third kappa shape index (κ3) is 2.04. The summed E-state index contributed by atoms with van der Waals surface area (Å²) < 4.78 is 3.16. The molecule has 0 atom stereocenters. The van der Waals surface area contributed by atoms with Crippen LogP contribution >= 0.6 is 0 Å². The van der Waals surface area contributed by atoms with Gasteiger partial charge in [-0.25, -0.2) is 4.98 Å². The van der Waals surface area contributed by atoms with E-state index < -0.39 is 0 Å². The molecule has 0 bridgehead atoms.